The van der Waals surface area contributed by atoms with Crippen LogP contribution in [0.25, 0.3) is 0 Å². The summed E-state index contributed by atoms with van der Waals surface area (Å²) < 4.78 is 0. The van der Waals surface area contributed by atoms with Crippen LogP contribution in [0.15, 0.2) is 72.8 Å². The van der Waals surface area contributed by atoms with Gasteiger partial charge >= 0.3 is 0 Å². The summed E-state index contributed by atoms with van der Waals surface area (Å²) in [6.07, 6.45) is 0. The first-order valence-electron chi connectivity index (χ1n) is 9.24. The van der Waals surface area contributed by atoms with Gasteiger partial charge in [0.15, 0.2) is 0 Å². The second-order valence-corrected chi connectivity index (χ2v) is 6.97. The van der Waals surface area contributed by atoms with Gasteiger partial charge < -0.3 is 16.0 Å². The third kappa shape index (κ3) is 5.83. The van der Waals surface area contributed by atoms with E-state index in [4.69, 9.17) is 11.6 Å². The third-order valence-electron chi connectivity index (χ3n) is 4.44. The second kappa shape index (κ2) is 9.75. The number of halogens is 1. The summed E-state index contributed by atoms with van der Waals surface area (Å²) in [6.45, 7) is 2.43. The summed E-state index contributed by atoms with van der Waals surface area (Å²) >= 11 is 6.07. The molecule has 3 rings (SSSR count). The van der Waals surface area contributed by atoms with Crippen molar-refractivity contribution in [2.24, 2.45) is 0 Å². The molecule has 0 atom stereocenters. The highest BCUT2D eigenvalue weighted by atomic mass is 35.5. The summed E-state index contributed by atoms with van der Waals surface area (Å²) in [5, 5.41) is 9.38. The number of hydrogen-bond donors (Lipinski definition) is 3. The van der Waals surface area contributed by atoms with Crippen LogP contribution >= 0.6 is 11.6 Å². The van der Waals surface area contributed by atoms with Gasteiger partial charge in [-0.05, 0) is 54.4 Å². The van der Waals surface area contributed by atoms with Crippen molar-refractivity contribution in [2.75, 3.05) is 17.2 Å². The molecule has 0 aromatic heterocycles. The molecule has 3 aromatic rings. The number of carbonyl (C=O) groups excluding carboxylic acids is 2. The molecule has 5 nitrogen and oxygen atoms in total. The first-order valence-corrected chi connectivity index (χ1v) is 9.62. The van der Waals surface area contributed by atoms with Crippen LogP contribution in [0.5, 0.6) is 0 Å². The Morgan fingerprint density at radius 3 is 2.34 bits per heavy atom. The molecule has 0 fully saturated rings. The van der Waals surface area contributed by atoms with E-state index in [1.807, 2.05) is 43.3 Å². The van der Waals surface area contributed by atoms with Gasteiger partial charge in [0.25, 0.3) is 5.91 Å². The van der Waals surface area contributed by atoms with Crippen molar-refractivity contribution in [1.29, 1.82) is 0 Å². The number of amides is 2. The summed E-state index contributed by atoms with van der Waals surface area (Å²) in [5.74, 6) is -0.324. The van der Waals surface area contributed by atoms with Gasteiger partial charge in [-0.3, -0.25) is 9.59 Å². The van der Waals surface area contributed by atoms with E-state index in [2.05, 4.69) is 16.0 Å². The highest BCUT2D eigenvalue weighted by Gasteiger charge is 2.08. The standard InChI is InChI=1S/C23H22ClN3O2/c1-16-20(24)8-5-9-21(16)27-22(28)15-25-19-12-10-18(11-13-19)23(29)26-14-17-6-3-2-4-7-17/h2-13,25H,14-15H2,1H3,(H,26,29)(H,27,28). The van der Waals surface area contributed by atoms with E-state index in [1.54, 1.807) is 36.4 Å². The van der Waals surface area contributed by atoms with Crippen LogP contribution in [0.2, 0.25) is 5.02 Å². The van der Waals surface area contributed by atoms with Crippen LogP contribution < -0.4 is 16.0 Å². The molecule has 6 heteroatoms. The number of hydrogen-bond acceptors (Lipinski definition) is 3. The molecule has 0 saturated carbocycles. The lowest BCUT2D eigenvalue weighted by Gasteiger charge is -2.11. The Kier molecular flexibility index (Phi) is 6.87. The van der Waals surface area contributed by atoms with Gasteiger partial charge in [0, 0.05) is 28.5 Å². The molecule has 0 heterocycles. The molecule has 29 heavy (non-hydrogen) atoms. The lowest BCUT2D eigenvalue weighted by atomic mass is 10.1. The molecular formula is C23H22ClN3O2. The van der Waals surface area contributed by atoms with Crippen LogP contribution in [-0.4, -0.2) is 18.4 Å². The quantitative estimate of drug-likeness (QED) is 0.534. The first-order chi connectivity index (χ1) is 14.0. The average molecular weight is 408 g/mol. The van der Waals surface area contributed by atoms with Crippen LogP contribution in [0.1, 0.15) is 21.5 Å². The maximum Gasteiger partial charge on any atom is 0.251 e. The van der Waals surface area contributed by atoms with Crippen molar-refractivity contribution in [3.05, 3.63) is 94.5 Å². The summed E-state index contributed by atoms with van der Waals surface area (Å²) in [4.78, 5) is 24.4. The predicted octanol–water partition coefficient (Wildman–Crippen LogP) is 4.63. The number of carbonyl (C=O) groups is 2. The maximum absolute atomic E-state index is 12.3. The smallest absolute Gasteiger partial charge is 0.251 e. The first kappa shape index (κ1) is 20.4. The van der Waals surface area contributed by atoms with E-state index in [-0.39, 0.29) is 18.4 Å². The zero-order chi connectivity index (χ0) is 20.6. The van der Waals surface area contributed by atoms with Crippen molar-refractivity contribution < 1.29 is 9.59 Å². The van der Waals surface area contributed by atoms with Crippen molar-refractivity contribution in [1.82, 2.24) is 5.32 Å². The molecule has 0 aliphatic rings. The minimum Gasteiger partial charge on any atom is -0.376 e. The van der Waals surface area contributed by atoms with E-state index in [9.17, 15) is 9.59 Å². The summed E-state index contributed by atoms with van der Waals surface area (Å²) in [7, 11) is 0. The van der Waals surface area contributed by atoms with Gasteiger partial charge in [0.05, 0.1) is 6.54 Å². The lowest BCUT2D eigenvalue weighted by molar-refractivity contribution is -0.114. The highest BCUT2D eigenvalue weighted by molar-refractivity contribution is 6.31. The van der Waals surface area contributed by atoms with Crippen LogP contribution in [0, 0.1) is 6.92 Å². The van der Waals surface area contributed by atoms with Gasteiger partial charge in [-0.15, -0.1) is 0 Å². The highest BCUT2D eigenvalue weighted by Crippen LogP contribution is 2.22. The fraction of sp³-hybridized carbons (Fsp3) is 0.130. The number of anilines is 2. The molecule has 0 radical (unpaired) electrons. The molecule has 0 saturated heterocycles. The number of nitrogens with one attached hydrogen (secondary N) is 3. The van der Waals surface area contributed by atoms with Crippen molar-refractivity contribution in [3.8, 4) is 0 Å². The van der Waals surface area contributed by atoms with E-state index in [1.165, 1.54) is 0 Å². The molecule has 148 valence electrons. The zero-order valence-electron chi connectivity index (χ0n) is 16.0. The summed E-state index contributed by atoms with van der Waals surface area (Å²) in [5.41, 5.74) is 3.87. The van der Waals surface area contributed by atoms with E-state index >= 15 is 0 Å². The van der Waals surface area contributed by atoms with Gasteiger partial charge in [-0.1, -0.05) is 48.0 Å². The SMILES string of the molecule is Cc1c(Cl)cccc1NC(=O)CNc1ccc(C(=O)NCc2ccccc2)cc1. The Morgan fingerprint density at radius 2 is 1.62 bits per heavy atom. The van der Waals surface area contributed by atoms with Gasteiger partial charge in [0.1, 0.15) is 0 Å². The largest absolute Gasteiger partial charge is 0.376 e. The van der Waals surface area contributed by atoms with Crippen LogP contribution in [0.3, 0.4) is 0 Å². The van der Waals surface area contributed by atoms with Gasteiger partial charge in [-0.2, -0.15) is 0 Å². The Morgan fingerprint density at radius 1 is 0.897 bits per heavy atom. The van der Waals surface area contributed by atoms with Crippen molar-refractivity contribution in [3.63, 3.8) is 0 Å². The zero-order valence-corrected chi connectivity index (χ0v) is 16.8. The Balaban J connectivity index is 1.49. The normalized spacial score (nSPS) is 10.3. The second-order valence-electron chi connectivity index (χ2n) is 6.56. The molecular weight excluding hydrogens is 386 g/mol. The molecule has 0 unspecified atom stereocenters. The summed E-state index contributed by atoms with van der Waals surface area (Å²) in [6, 6.07) is 22.1. The lowest BCUT2D eigenvalue weighted by Crippen LogP contribution is -2.23. The molecule has 3 N–H and O–H groups in total. The molecule has 0 aliphatic carbocycles. The molecule has 0 bridgehead atoms. The minimum atomic E-state index is -0.181. The van der Waals surface area contributed by atoms with Crippen molar-refractivity contribution >= 4 is 34.8 Å². The monoisotopic (exact) mass is 407 g/mol. The van der Waals surface area contributed by atoms with E-state index < -0.39 is 0 Å². The topological polar surface area (TPSA) is 70.2 Å². The van der Waals surface area contributed by atoms with Crippen molar-refractivity contribution in [2.45, 2.75) is 13.5 Å². The third-order valence-corrected chi connectivity index (χ3v) is 4.85. The van der Waals surface area contributed by atoms with Gasteiger partial charge in [-0.25, -0.2) is 0 Å². The van der Waals surface area contributed by atoms with E-state index in [0.29, 0.717) is 22.8 Å². The minimum absolute atomic E-state index is 0.103. The molecule has 0 spiro atoms. The maximum atomic E-state index is 12.3. The Bertz CT molecular complexity index is 989. The van der Waals surface area contributed by atoms with Gasteiger partial charge in [0.2, 0.25) is 5.91 Å². The molecule has 3 aromatic carbocycles. The fourth-order valence-electron chi connectivity index (χ4n) is 2.74. The Hall–Kier alpha value is -3.31. The van der Waals surface area contributed by atoms with Crippen LogP contribution in [-0.2, 0) is 11.3 Å². The number of benzene rings is 3. The van der Waals surface area contributed by atoms with Crippen LogP contribution in [0.4, 0.5) is 11.4 Å². The average Bonchev–Trinajstić information content (AvgIpc) is 2.75. The predicted molar refractivity (Wildman–Crippen MR) is 117 cm³/mol. The fourth-order valence-corrected chi connectivity index (χ4v) is 2.91. The van der Waals surface area contributed by atoms with E-state index in [0.717, 1.165) is 16.8 Å². The molecule has 2 amide bonds. The Labute approximate surface area is 175 Å². The number of rotatable bonds is 7. The molecule has 0 aliphatic heterocycles.